The van der Waals surface area contributed by atoms with Crippen LogP contribution in [0.1, 0.15) is 18.4 Å². The van der Waals surface area contributed by atoms with Crippen LogP contribution < -0.4 is 0 Å². The summed E-state index contributed by atoms with van der Waals surface area (Å²) < 4.78 is 13.5. The average molecular weight is 245 g/mol. The normalized spacial score (nSPS) is 20.5. The van der Waals surface area contributed by atoms with Crippen LogP contribution >= 0.6 is 23.2 Å². The van der Waals surface area contributed by atoms with E-state index in [4.69, 9.17) is 23.2 Å². The number of alkyl halides is 1. The number of hydrogen-bond acceptors (Lipinski definition) is 0. The van der Waals surface area contributed by atoms with Crippen LogP contribution in [0.2, 0.25) is 5.02 Å². The van der Waals surface area contributed by atoms with Gasteiger partial charge in [-0.15, -0.1) is 11.6 Å². The van der Waals surface area contributed by atoms with E-state index in [1.807, 2.05) is 6.08 Å². The van der Waals surface area contributed by atoms with E-state index in [1.165, 1.54) is 11.6 Å². The summed E-state index contributed by atoms with van der Waals surface area (Å²) >= 11 is 11.6. The van der Waals surface area contributed by atoms with Crippen molar-refractivity contribution in [3.8, 4) is 0 Å². The zero-order valence-corrected chi connectivity index (χ0v) is 9.65. The minimum absolute atomic E-state index is 0.121. The highest BCUT2D eigenvalue weighted by Gasteiger charge is 2.14. The maximum absolute atomic E-state index is 13.5. The van der Waals surface area contributed by atoms with Gasteiger partial charge in [0.25, 0.3) is 0 Å². The Labute approximate surface area is 98.7 Å². The van der Waals surface area contributed by atoms with Gasteiger partial charge in [-0.1, -0.05) is 29.3 Å². The molecule has 1 unspecified atom stereocenters. The Kier molecular flexibility index (Phi) is 3.32. The largest absolute Gasteiger partial charge is 0.207 e. The summed E-state index contributed by atoms with van der Waals surface area (Å²) in [5.74, 6) is -0.235. The number of hydrogen-bond donors (Lipinski definition) is 0. The molecule has 3 heteroatoms. The first kappa shape index (κ1) is 11.0. The number of benzene rings is 1. The van der Waals surface area contributed by atoms with Gasteiger partial charge in [0, 0.05) is 5.02 Å². The molecule has 0 fully saturated rings. The number of allylic oxidation sites excluding steroid dienone is 2. The third kappa shape index (κ3) is 2.73. The highest BCUT2D eigenvalue weighted by atomic mass is 35.5. The molecule has 1 aliphatic carbocycles. The predicted molar refractivity (Wildman–Crippen MR) is 62.1 cm³/mol. The van der Waals surface area contributed by atoms with E-state index >= 15 is 0 Å². The molecule has 15 heavy (non-hydrogen) atoms. The first-order valence-corrected chi connectivity index (χ1v) is 5.74. The highest BCUT2D eigenvalue weighted by Crippen LogP contribution is 2.27. The van der Waals surface area contributed by atoms with Gasteiger partial charge in [-0.2, -0.15) is 0 Å². The van der Waals surface area contributed by atoms with E-state index in [0.29, 0.717) is 17.0 Å². The molecular weight excluding hydrogens is 234 g/mol. The van der Waals surface area contributed by atoms with Crippen molar-refractivity contribution in [2.45, 2.75) is 24.6 Å². The van der Waals surface area contributed by atoms with Gasteiger partial charge in [-0.25, -0.2) is 4.39 Å². The lowest BCUT2D eigenvalue weighted by molar-refractivity contribution is 0.612. The van der Waals surface area contributed by atoms with Crippen molar-refractivity contribution in [3.63, 3.8) is 0 Å². The molecule has 0 nitrogen and oxygen atoms in total. The third-order valence-corrected chi connectivity index (χ3v) is 3.17. The summed E-state index contributed by atoms with van der Waals surface area (Å²) in [5.41, 5.74) is 1.91. The van der Waals surface area contributed by atoms with Crippen LogP contribution in [-0.4, -0.2) is 5.38 Å². The first-order valence-electron chi connectivity index (χ1n) is 4.93. The lowest BCUT2D eigenvalue weighted by Gasteiger charge is -2.04. The minimum atomic E-state index is -0.235. The number of halogens is 3. The van der Waals surface area contributed by atoms with Crippen molar-refractivity contribution in [1.82, 2.24) is 0 Å². The topological polar surface area (TPSA) is 0 Å². The van der Waals surface area contributed by atoms with Gasteiger partial charge in [-0.05, 0) is 37.0 Å². The van der Waals surface area contributed by atoms with E-state index in [-0.39, 0.29) is 11.2 Å². The van der Waals surface area contributed by atoms with Crippen molar-refractivity contribution >= 4 is 23.2 Å². The molecular formula is C12H11Cl2F. The summed E-state index contributed by atoms with van der Waals surface area (Å²) in [6, 6.07) is 4.80. The van der Waals surface area contributed by atoms with Crippen LogP contribution in [0.3, 0.4) is 0 Å². The Morgan fingerprint density at radius 1 is 1.40 bits per heavy atom. The smallest absolute Gasteiger partial charge is 0.128 e. The van der Waals surface area contributed by atoms with E-state index in [0.717, 1.165) is 12.8 Å². The van der Waals surface area contributed by atoms with Gasteiger partial charge in [0.15, 0.2) is 0 Å². The van der Waals surface area contributed by atoms with Gasteiger partial charge >= 0.3 is 0 Å². The monoisotopic (exact) mass is 244 g/mol. The summed E-state index contributed by atoms with van der Waals surface area (Å²) in [5, 5.41) is 0.558. The third-order valence-electron chi connectivity index (χ3n) is 2.59. The minimum Gasteiger partial charge on any atom is -0.207 e. The fourth-order valence-corrected chi connectivity index (χ4v) is 2.25. The molecule has 0 saturated carbocycles. The summed E-state index contributed by atoms with van der Waals surface area (Å²) in [4.78, 5) is 0. The maximum Gasteiger partial charge on any atom is 0.128 e. The number of rotatable bonds is 2. The van der Waals surface area contributed by atoms with Crippen molar-refractivity contribution in [1.29, 1.82) is 0 Å². The van der Waals surface area contributed by atoms with Gasteiger partial charge in [0.2, 0.25) is 0 Å². The molecule has 1 aromatic carbocycles. The molecule has 1 aromatic rings. The zero-order valence-electron chi connectivity index (χ0n) is 8.14. The van der Waals surface area contributed by atoms with Gasteiger partial charge < -0.3 is 0 Å². The SMILES string of the molecule is Fc1cc(Cl)ccc1CC1=CC(Cl)CC1. The van der Waals surface area contributed by atoms with Crippen molar-refractivity contribution in [2.75, 3.05) is 0 Å². The van der Waals surface area contributed by atoms with Crippen LogP contribution in [0.25, 0.3) is 0 Å². The highest BCUT2D eigenvalue weighted by molar-refractivity contribution is 6.30. The molecule has 1 aliphatic rings. The van der Waals surface area contributed by atoms with Crippen LogP contribution in [0.15, 0.2) is 29.8 Å². The molecule has 0 bridgehead atoms. The zero-order chi connectivity index (χ0) is 10.8. The summed E-state index contributed by atoms with van der Waals surface area (Å²) in [6.45, 7) is 0. The van der Waals surface area contributed by atoms with E-state index < -0.39 is 0 Å². The Balaban J connectivity index is 2.14. The lowest BCUT2D eigenvalue weighted by atomic mass is 10.0. The van der Waals surface area contributed by atoms with Gasteiger partial charge in [0.1, 0.15) is 5.82 Å². The molecule has 0 aliphatic heterocycles. The maximum atomic E-state index is 13.5. The first-order chi connectivity index (χ1) is 7.15. The van der Waals surface area contributed by atoms with Crippen LogP contribution in [0.5, 0.6) is 0 Å². The van der Waals surface area contributed by atoms with Crippen LogP contribution in [-0.2, 0) is 6.42 Å². The Bertz CT molecular complexity index is 399. The van der Waals surface area contributed by atoms with E-state index in [9.17, 15) is 4.39 Å². The summed E-state index contributed by atoms with van der Waals surface area (Å²) in [6.07, 6.45) is 4.60. The van der Waals surface area contributed by atoms with Crippen molar-refractivity contribution < 1.29 is 4.39 Å². The second-order valence-corrected chi connectivity index (χ2v) is 4.79. The van der Waals surface area contributed by atoms with Crippen molar-refractivity contribution in [2.24, 2.45) is 0 Å². The Morgan fingerprint density at radius 2 is 2.20 bits per heavy atom. The molecule has 0 saturated heterocycles. The molecule has 0 radical (unpaired) electrons. The van der Waals surface area contributed by atoms with Crippen LogP contribution in [0, 0.1) is 5.82 Å². The molecule has 0 spiro atoms. The molecule has 80 valence electrons. The molecule has 0 N–H and O–H groups in total. The molecule has 2 rings (SSSR count). The molecule has 0 heterocycles. The molecule has 1 atom stereocenters. The van der Waals surface area contributed by atoms with E-state index in [2.05, 4.69) is 0 Å². The fourth-order valence-electron chi connectivity index (χ4n) is 1.80. The second kappa shape index (κ2) is 4.54. The second-order valence-electron chi connectivity index (χ2n) is 3.79. The standard InChI is InChI=1S/C12H11Cl2F/c13-10-3-1-8(6-10)5-9-2-4-11(14)7-12(9)15/h2,4,6-7,10H,1,3,5H2. The quantitative estimate of drug-likeness (QED) is 0.536. The molecule has 0 amide bonds. The predicted octanol–water partition coefficient (Wildman–Crippen LogP) is 4.35. The van der Waals surface area contributed by atoms with Crippen molar-refractivity contribution in [3.05, 3.63) is 46.3 Å². The average Bonchev–Trinajstić information content (AvgIpc) is 2.56. The van der Waals surface area contributed by atoms with Crippen LogP contribution in [0.4, 0.5) is 4.39 Å². The van der Waals surface area contributed by atoms with Gasteiger partial charge in [-0.3, -0.25) is 0 Å². The van der Waals surface area contributed by atoms with Gasteiger partial charge in [0.05, 0.1) is 5.38 Å². The van der Waals surface area contributed by atoms with E-state index in [1.54, 1.807) is 12.1 Å². The summed E-state index contributed by atoms with van der Waals surface area (Å²) in [7, 11) is 0. The molecule has 0 aromatic heterocycles. The lowest BCUT2D eigenvalue weighted by Crippen LogP contribution is -1.92. The fraction of sp³-hybridized carbons (Fsp3) is 0.333. The Hall–Kier alpha value is -0.530. The Morgan fingerprint density at radius 3 is 2.80 bits per heavy atom.